The number of ether oxygens (including phenoxy) is 2. The van der Waals surface area contributed by atoms with Crippen LogP contribution in [0.15, 0.2) is 42.6 Å². The van der Waals surface area contributed by atoms with E-state index in [-0.39, 0.29) is 11.3 Å². The van der Waals surface area contributed by atoms with Crippen LogP contribution >= 0.6 is 0 Å². The molecule has 1 aromatic carbocycles. The van der Waals surface area contributed by atoms with Gasteiger partial charge in [0.1, 0.15) is 11.6 Å². The molecule has 29 heavy (non-hydrogen) atoms. The van der Waals surface area contributed by atoms with E-state index in [2.05, 4.69) is 20.4 Å². The molecule has 0 unspecified atom stereocenters. The van der Waals surface area contributed by atoms with Crippen molar-refractivity contribution < 1.29 is 27.8 Å². The molecule has 7 nitrogen and oxygen atoms in total. The Hall–Kier alpha value is -3.23. The van der Waals surface area contributed by atoms with Crippen molar-refractivity contribution in [2.45, 2.75) is 31.9 Å². The first-order chi connectivity index (χ1) is 14.0. The Bertz CT molecular complexity index is 825. The fraction of sp³-hybridized carbons (Fsp3) is 0.350. The Balaban J connectivity index is 1.34. The van der Waals surface area contributed by atoms with E-state index in [1.54, 1.807) is 24.3 Å². The Morgan fingerprint density at radius 3 is 2.52 bits per heavy atom. The van der Waals surface area contributed by atoms with E-state index < -0.39 is 25.1 Å². The summed E-state index contributed by atoms with van der Waals surface area (Å²) in [5, 5.41) is 5.84. The van der Waals surface area contributed by atoms with E-state index in [4.69, 9.17) is 4.74 Å². The molecule has 1 aliphatic carbocycles. The standard InChI is InChI=1S/C20H21F2N3O4/c21-20(22)29-16-6-1-13(2-7-16)9-10-23-18(26)12-28-19(27)14-3-8-17(24-11-14)25-15-4-5-15/h1-3,6-8,11,15,20H,4-5,9-10,12H2,(H,23,26)(H,24,25). The molecule has 1 aromatic heterocycles. The SMILES string of the molecule is O=C(COC(=O)c1ccc(NC2CC2)nc1)NCCc1ccc(OC(F)F)cc1. The summed E-state index contributed by atoms with van der Waals surface area (Å²) in [6.07, 6.45) is 4.15. The number of nitrogens with one attached hydrogen (secondary N) is 2. The van der Waals surface area contributed by atoms with Crippen LogP contribution in [-0.2, 0) is 16.0 Å². The molecule has 1 saturated carbocycles. The van der Waals surface area contributed by atoms with Gasteiger partial charge in [-0.15, -0.1) is 0 Å². The Labute approximate surface area is 166 Å². The van der Waals surface area contributed by atoms with Gasteiger partial charge in [0.2, 0.25) is 0 Å². The summed E-state index contributed by atoms with van der Waals surface area (Å²) in [5.41, 5.74) is 1.11. The zero-order valence-corrected chi connectivity index (χ0v) is 15.6. The average molecular weight is 405 g/mol. The predicted molar refractivity (Wildman–Crippen MR) is 101 cm³/mol. The van der Waals surface area contributed by atoms with Crippen LogP contribution in [0.2, 0.25) is 0 Å². The minimum atomic E-state index is -2.86. The van der Waals surface area contributed by atoms with Gasteiger partial charge in [0.25, 0.3) is 5.91 Å². The molecule has 0 radical (unpaired) electrons. The van der Waals surface area contributed by atoms with Crippen molar-refractivity contribution in [3.8, 4) is 5.75 Å². The lowest BCUT2D eigenvalue weighted by molar-refractivity contribution is -0.124. The molecule has 9 heteroatoms. The van der Waals surface area contributed by atoms with Gasteiger partial charge in [-0.25, -0.2) is 9.78 Å². The molecule has 0 spiro atoms. The second kappa shape index (κ2) is 9.81. The monoisotopic (exact) mass is 405 g/mol. The normalized spacial score (nSPS) is 13.1. The lowest BCUT2D eigenvalue weighted by Crippen LogP contribution is -2.30. The van der Waals surface area contributed by atoms with Crippen LogP contribution < -0.4 is 15.4 Å². The van der Waals surface area contributed by atoms with Gasteiger partial charge in [0.05, 0.1) is 5.56 Å². The Morgan fingerprint density at radius 1 is 1.14 bits per heavy atom. The summed E-state index contributed by atoms with van der Waals surface area (Å²) in [4.78, 5) is 27.9. The molecule has 2 N–H and O–H groups in total. The third-order valence-electron chi connectivity index (χ3n) is 4.15. The van der Waals surface area contributed by atoms with Crippen molar-refractivity contribution in [3.05, 3.63) is 53.7 Å². The zero-order valence-electron chi connectivity index (χ0n) is 15.6. The number of aromatic nitrogens is 1. The van der Waals surface area contributed by atoms with Crippen LogP contribution in [0.4, 0.5) is 14.6 Å². The maximum absolute atomic E-state index is 12.1. The van der Waals surface area contributed by atoms with Crippen molar-refractivity contribution in [1.29, 1.82) is 0 Å². The number of hydrogen-bond acceptors (Lipinski definition) is 6. The van der Waals surface area contributed by atoms with Crippen molar-refractivity contribution in [3.63, 3.8) is 0 Å². The van der Waals surface area contributed by atoms with Crippen LogP contribution in [0.5, 0.6) is 5.75 Å². The predicted octanol–water partition coefficient (Wildman–Crippen LogP) is 2.77. The number of carbonyl (C=O) groups is 2. The van der Waals surface area contributed by atoms with E-state index in [9.17, 15) is 18.4 Å². The number of benzene rings is 1. The molecular weight excluding hydrogens is 384 g/mol. The lowest BCUT2D eigenvalue weighted by Gasteiger charge is -2.08. The van der Waals surface area contributed by atoms with Gasteiger partial charge in [-0.05, 0) is 49.1 Å². The third kappa shape index (κ3) is 7.02. The van der Waals surface area contributed by atoms with E-state index in [0.29, 0.717) is 24.8 Å². The van der Waals surface area contributed by atoms with Gasteiger partial charge in [-0.1, -0.05) is 12.1 Å². The highest BCUT2D eigenvalue weighted by molar-refractivity contribution is 5.91. The second-order valence-electron chi connectivity index (χ2n) is 6.55. The number of anilines is 1. The summed E-state index contributed by atoms with van der Waals surface area (Å²) >= 11 is 0. The molecule has 1 fully saturated rings. The molecule has 1 aliphatic rings. The highest BCUT2D eigenvalue weighted by Gasteiger charge is 2.21. The molecule has 0 aliphatic heterocycles. The third-order valence-corrected chi connectivity index (χ3v) is 4.15. The topological polar surface area (TPSA) is 89.6 Å². The number of nitrogens with zero attached hydrogens (tertiary/aromatic N) is 1. The van der Waals surface area contributed by atoms with Crippen molar-refractivity contribution in [1.82, 2.24) is 10.3 Å². The highest BCUT2D eigenvalue weighted by atomic mass is 19.3. The molecule has 0 bridgehead atoms. The van der Waals surface area contributed by atoms with Gasteiger partial charge in [0, 0.05) is 18.8 Å². The average Bonchev–Trinajstić information content (AvgIpc) is 3.52. The quantitative estimate of drug-likeness (QED) is 0.591. The van der Waals surface area contributed by atoms with Gasteiger partial charge >= 0.3 is 12.6 Å². The molecule has 1 amide bonds. The molecule has 154 valence electrons. The number of hydrogen-bond donors (Lipinski definition) is 2. The maximum Gasteiger partial charge on any atom is 0.387 e. The first-order valence-electron chi connectivity index (χ1n) is 9.20. The number of pyridine rings is 1. The first kappa shape index (κ1) is 20.5. The highest BCUT2D eigenvalue weighted by Crippen LogP contribution is 2.23. The summed E-state index contributed by atoms with van der Waals surface area (Å²) in [6.45, 7) is -2.95. The van der Waals surface area contributed by atoms with Crippen LogP contribution in [0, 0.1) is 0 Å². The Morgan fingerprint density at radius 2 is 1.90 bits per heavy atom. The summed E-state index contributed by atoms with van der Waals surface area (Å²) in [5.74, 6) is -0.280. The minimum Gasteiger partial charge on any atom is -0.452 e. The van der Waals surface area contributed by atoms with E-state index in [1.807, 2.05) is 0 Å². The summed E-state index contributed by atoms with van der Waals surface area (Å²) in [7, 11) is 0. The summed E-state index contributed by atoms with van der Waals surface area (Å²) < 4.78 is 33.5. The number of halogens is 2. The molecular formula is C20H21F2N3O4. The molecule has 2 aromatic rings. The number of carbonyl (C=O) groups excluding carboxylic acids is 2. The molecule has 0 saturated heterocycles. The minimum absolute atomic E-state index is 0.0746. The second-order valence-corrected chi connectivity index (χ2v) is 6.55. The van der Waals surface area contributed by atoms with Gasteiger partial charge in [-0.3, -0.25) is 4.79 Å². The van der Waals surface area contributed by atoms with Gasteiger partial charge in [-0.2, -0.15) is 8.78 Å². The van der Waals surface area contributed by atoms with Crippen molar-refractivity contribution in [2.24, 2.45) is 0 Å². The fourth-order valence-corrected chi connectivity index (χ4v) is 2.49. The molecule has 1 heterocycles. The molecule has 0 atom stereocenters. The van der Waals surface area contributed by atoms with E-state index in [1.165, 1.54) is 18.3 Å². The first-order valence-corrected chi connectivity index (χ1v) is 9.20. The van der Waals surface area contributed by atoms with Crippen molar-refractivity contribution >= 4 is 17.7 Å². The van der Waals surface area contributed by atoms with Crippen LogP contribution in [0.25, 0.3) is 0 Å². The number of esters is 1. The largest absolute Gasteiger partial charge is 0.452 e. The van der Waals surface area contributed by atoms with Crippen molar-refractivity contribution in [2.75, 3.05) is 18.5 Å². The van der Waals surface area contributed by atoms with Gasteiger partial charge < -0.3 is 20.1 Å². The number of alkyl halides is 2. The fourth-order valence-electron chi connectivity index (χ4n) is 2.49. The van der Waals surface area contributed by atoms with Crippen LogP contribution in [0.1, 0.15) is 28.8 Å². The van der Waals surface area contributed by atoms with E-state index >= 15 is 0 Å². The van der Waals surface area contributed by atoms with Crippen LogP contribution in [0.3, 0.4) is 0 Å². The maximum atomic E-state index is 12.1. The van der Waals surface area contributed by atoms with Crippen LogP contribution in [-0.4, -0.2) is 42.7 Å². The van der Waals surface area contributed by atoms with E-state index in [0.717, 1.165) is 18.4 Å². The Kier molecular flexibility index (Phi) is 6.94. The lowest BCUT2D eigenvalue weighted by atomic mass is 10.1. The zero-order chi connectivity index (χ0) is 20.6. The number of rotatable bonds is 10. The van der Waals surface area contributed by atoms with Gasteiger partial charge in [0.15, 0.2) is 6.61 Å². The smallest absolute Gasteiger partial charge is 0.387 e. The summed E-state index contributed by atoms with van der Waals surface area (Å²) in [6, 6.07) is 9.91. The number of amides is 1. The molecule has 3 rings (SSSR count).